The number of hydrogen-bond acceptors (Lipinski definition) is 2. The fourth-order valence-corrected chi connectivity index (χ4v) is 3.23. The molecule has 118 valence electrons. The highest BCUT2D eigenvalue weighted by Gasteiger charge is 2.49. The van der Waals surface area contributed by atoms with E-state index in [9.17, 15) is 18.3 Å². The van der Waals surface area contributed by atoms with Crippen LogP contribution in [0.25, 0.3) is 0 Å². The van der Waals surface area contributed by atoms with Crippen molar-refractivity contribution in [1.29, 1.82) is 0 Å². The molecule has 1 aliphatic heterocycles. The zero-order valence-corrected chi connectivity index (χ0v) is 12.7. The molecule has 0 saturated carbocycles. The van der Waals surface area contributed by atoms with Gasteiger partial charge in [0, 0.05) is 5.92 Å². The second-order valence-electron chi connectivity index (χ2n) is 6.84. The van der Waals surface area contributed by atoms with Crippen LogP contribution in [0.4, 0.5) is 13.2 Å². The highest BCUT2D eigenvalue weighted by atomic mass is 19.4. The van der Waals surface area contributed by atoms with Gasteiger partial charge in [0.25, 0.3) is 0 Å². The zero-order chi connectivity index (χ0) is 16.1. The topological polar surface area (TPSA) is 29.5 Å². The van der Waals surface area contributed by atoms with Crippen molar-refractivity contribution in [3.8, 4) is 0 Å². The largest absolute Gasteiger partial charge is 0.416 e. The van der Waals surface area contributed by atoms with Crippen LogP contribution >= 0.6 is 0 Å². The second-order valence-corrected chi connectivity index (χ2v) is 6.84. The van der Waals surface area contributed by atoms with E-state index in [-0.39, 0.29) is 11.5 Å². The van der Waals surface area contributed by atoms with E-state index in [4.69, 9.17) is 4.74 Å². The molecule has 2 rings (SSSR count). The monoisotopic (exact) mass is 302 g/mol. The SMILES string of the molecule is CC1(C)CC(C(O)c2cccc(C(F)(F)F)c2)C(C)(C)O1. The molecule has 1 aromatic carbocycles. The lowest BCUT2D eigenvalue weighted by molar-refractivity contribution is -0.137. The number of aliphatic hydroxyl groups excluding tert-OH is 1. The summed E-state index contributed by atoms with van der Waals surface area (Å²) in [6.45, 7) is 7.58. The molecule has 1 heterocycles. The molecule has 1 saturated heterocycles. The number of aliphatic hydroxyl groups is 1. The number of hydrogen-bond donors (Lipinski definition) is 1. The Morgan fingerprint density at radius 1 is 1.24 bits per heavy atom. The van der Waals surface area contributed by atoms with Gasteiger partial charge in [0.15, 0.2) is 0 Å². The summed E-state index contributed by atoms with van der Waals surface area (Å²) in [5.74, 6) is -0.254. The van der Waals surface area contributed by atoms with Crippen LogP contribution in [0.1, 0.15) is 51.3 Å². The third-order valence-electron chi connectivity index (χ3n) is 4.08. The molecule has 0 bridgehead atoms. The molecule has 0 amide bonds. The van der Waals surface area contributed by atoms with Crippen LogP contribution in [0, 0.1) is 5.92 Å². The van der Waals surface area contributed by atoms with Gasteiger partial charge in [0.1, 0.15) is 0 Å². The van der Waals surface area contributed by atoms with E-state index < -0.39 is 29.0 Å². The van der Waals surface area contributed by atoms with Crippen LogP contribution in [0.2, 0.25) is 0 Å². The van der Waals surface area contributed by atoms with Crippen LogP contribution in [0.3, 0.4) is 0 Å². The maximum absolute atomic E-state index is 12.8. The van der Waals surface area contributed by atoms with Crippen molar-refractivity contribution in [3.63, 3.8) is 0 Å². The minimum Gasteiger partial charge on any atom is -0.388 e. The van der Waals surface area contributed by atoms with E-state index in [1.807, 2.05) is 27.7 Å². The molecule has 1 fully saturated rings. The van der Waals surface area contributed by atoms with E-state index in [1.165, 1.54) is 12.1 Å². The van der Waals surface area contributed by atoms with Crippen molar-refractivity contribution in [2.75, 3.05) is 0 Å². The molecule has 1 aliphatic rings. The number of ether oxygens (including phenoxy) is 1. The van der Waals surface area contributed by atoms with Crippen LogP contribution in [-0.2, 0) is 10.9 Å². The van der Waals surface area contributed by atoms with E-state index in [0.29, 0.717) is 6.42 Å². The number of rotatable bonds is 2. The van der Waals surface area contributed by atoms with Gasteiger partial charge >= 0.3 is 6.18 Å². The molecule has 5 heteroatoms. The third kappa shape index (κ3) is 3.40. The summed E-state index contributed by atoms with van der Waals surface area (Å²) in [6, 6.07) is 4.89. The van der Waals surface area contributed by atoms with Gasteiger partial charge in [0.2, 0.25) is 0 Å². The van der Waals surface area contributed by atoms with Gasteiger partial charge < -0.3 is 9.84 Å². The molecule has 2 nitrogen and oxygen atoms in total. The van der Waals surface area contributed by atoms with Crippen LogP contribution < -0.4 is 0 Å². The maximum atomic E-state index is 12.8. The fourth-order valence-electron chi connectivity index (χ4n) is 3.23. The lowest BCUT2D eigenvalue weighted by atomic mass is 9.80. The summed E-state index contributed by atoms with van der Waals surface area (Å²) in [4.78, 5) is 0. The van der Waals surface area contributed by atoms with Gasteiger partial charge in [-0.25, -0.2) is 0 Å². The standard InChI is InChI=1S/C16H21F3O2/c1-14(2)9-12(15(3,4)21-14)13(20)10-6-5-7-11(8-10)16(17,18)19/h5-8,12-13,20H,9H2,1-4H3. The van der Waals surface area contributed by atoms with Crippen molar-refractivity contribution in [1.82, 2.24) is 0 Å². The summed E-state index contributed by atoms with van der Waals surface area (Å²) < 4.78 is 44.2. The Kier molecular flexibility index (Phi) is 3.87. The van der Waals surface area contributed by atoms with Gasteiger partial charge in [-0.15, -0.1) is 0 Å². The van der Waals surface area contributed by atoms with Crippen molar-refractivity contribution in [3.05, 3.63) is 35.4 Å². The molecule has 0 radical (unpaired) electrons. The van der Waals surface area contributed by atoms with Crippen molar-refractivity contribution < 1.29 is 23.0 Å². The van der Waals surface area contributed by atoms with Gasteiger partial charge in [-0.3, -0.25) is 0 Å². The number of halogens is 3. The van der Waals surface area contributed by atoms with Crippen LogP contribution in [0.15, 0.2) is 24.3 Å². The Labute approximate surface area is 122 Å². The molecule has 0 aromatic heterocycles. The van der Waals surface area contributed by atoms with Crippen LogP contribution in [0.5, 0.6) is 0 Å². The summed E-state index contributed by atoms with van der Waals surface area (Å²) in [5, 5.41) is 10.5. The molecular weight excluding hydrogens is 281 g/mol. The Morgan fingerprint density at radius 3 is 2.33 bits per heavy atom. The first-order valence-corrected chi connectivity index (χ1v) is 6.98. The Balaban J connectivity index is 2.31. The molecule has 1 N–H and O–H groups in total. The second kappa shape index (κ2) is 4.99. The van der Waals surface area contributed by atoms with Crippen molar-refractivity contribution in [2.45, 2.75) is 57.6 Å². The summed E-state index contributed by atoms with van der Waals surface area (Å²) in [7, 11) is 0. The molecule has 1 aromatic rings. The average Bonchev–Trinajstić information content (AvgIpc) is 2.55. The molecule has 2 unspecified atom stereocenters. The fraction of sp³-hybridized carbons (Fsp3) is 0.625. The van der Waals surface area contributed by atoms with Gasteiger partial charge in [-0.2, -0.15) is 13.2 Å². The van der Waals surface area contributed by atoms with Crippen molar-refractivity contribution in [2.24, 2.45) is 5.92 Å². The highest BCUT2D eigenvalue weighted by molar-refractivity contribution is 5.28. The first kappa shape index (κ1) is 16.3. The smallest absolute Gasteiger partial charge is 0.388 e. The minimum atomic E-state index is -4.41. The quantitative estimate of drug-likeness (QED) is 0.881. The molecular formula is C16H21F3O2. The zero-order valence-electron chi connectivity index (χ0n) is 12.7. The Hall–Kier alpha value is -1.07. The summed E-state index contributed by atoms with van der Waals surface area (Å²) >= 11 is 0. The predicted molar refractivity (Wildman–Crippen MR) is 73.8 cm³/mol. The summed E-state index contributed by atoms with van der Waals surface area (Å²) in [5.41, 5.74) is -1.44. The van der Waals surface area contributed by atoms with Gasteiger partial charge in [0.05, 0.1) is 22.9 Å². The van der Waals surface area contributed by atoms with Gasteiger partial charge in [-0.1, -0.05) is 12.1 Å². The average molecular weight is 302 g/mol. The molecule has 0 spiro atoms. The first-order chi connectivity index (χ1) is 9.42. The predicted octanol–water partition coefficient (Wildman–Crippen LogP) is 4.33. The summed E-state index contributed by atoms with van der Waals surface area (Å²) in [6.07, 6.45) is -4.79. The Morgan fingerprint density at radius 2 is 1.86 bits per heavy atom. The number of benzene rings is 1. The van der Waals surface area contributed by atoms with Crippen molar-refractivity contribution >= 4 is 0 Å². The maximum Gasteiger partial charge on any atom is 0.416 e. The molecule has 0 aliphatic carbocycles. The van der Waals surface area contributed by atoms with E-state index in [0.717, 1.165) is 12.1 Å². The minimum absolute atomic E-state index is 0.254. The third-order valence-corrected chi connectivity index (χ3v) is 4.08. The van der Waals surface area contributed by atoms with Crippen LogP contribution in [-0.4, -0.2) is 16.3 Å². The lowest BCUT2D eigenvalue weighted by Crippen LogP contribution is -2.32. The van der Waals surface area contributed by atoms with E-state index in [1.54, 1.807) is 0 Å². The number of alkyl halides is 3. The van der Waals surface area contributed by atoms with E-state index >= 15 is 0 Å². The first-order valence-electron chi connectivity index (χ1n) is 6.98. The van der Waals surface area contributed by atoms with E-state index in [2.05, 4.69) is 0 Å². The van der Waals surface area contributed by atoms with Gasteiger partial charge in [-0.05, 0) is 51.8 Å². The Bertz CT molecular complexity index is 520. The molecule has 21 heavy (non-hydrogen) atoms. The lowest BCUT2D eigenvalue weighted by Gasteiger charge is -2.30. The molecule has 2 atom stereocenters. The normalized spacial score (nSPS) is 25.8. The highest BCUT2D eigenvalue weighted by Crippen LogP contribution is 2.48.